The number of rotatable bonds is 4. The molecule has 0 aromatic rings. The van der Waals surface area contributed by atoms with Crippen molar-refractivity contribution < 1.29 is 14.6 Å². The van der Waals surface area contributed by atoms with E-state index in [1.165, 1.54) is 0 Å². The summed E-state index contributed by atoms with van der Waals surface area (Å²) in [6.45, 7) is 13.4. The molecular weight excluding hydrogens is 268 g/mol. The second-order valence-electron chi connectivity index (χ2n) is 7.87. The molecule has 1 fully saturated rings. The Kier molecular flexibility index (Phi) is 6.05. The Morgan fingerprint density at radius 2 is 1.95 bits per heavy atom. The fraction of sp³-hybridized carbons (Fsp3) is 0.938. The van der Waals surface area contributed by atoms with Crippen molar-refractivity contribution in [2.75, 3.05) is 19.7 Å². The molecule has 0 spiro atoms. The minimum atomic E-state index is -0.462. The standard InChI is InChI=1S/C16H32N2O3/c1-12-13(17-10-16(5,6)11-19)8-7-9-18(12)14(20)21-15(2,3)4/h12-13,17,19H,7-11H2,1-6H3. The van der Waals surface area contributed by atoms with Crippen molar-refractivity contribution in [2.24, 2.45) is 5.41 Å². The Bertz CT molecular complexity index is 350. The van der Waals surface area contributed by atoms with Crippen molar-refractivity contribution in [2.45, 2.75) is 72.1 Å². The van der Waals surface area contributed by atoms with Crippen LogP contribution < -0.4 is 5.32 Å². The van der Waals surface area contributed by atoms with Gasteiger partial charge in [0.15, 0.2) is 0 Å². The van der Waals surface area contributed by atoms with E-state index >= 15 is 0 Å². The molecule has 1 heterocycles. The zero-order chi connectivity index (χ0) is 16.3. The Balaban J connectivity index is 2.60. The van der Waals surface area contributed by atoms with Crippen molar-refractivity contribution in [3.05, 3.63) is 0 Å². The first kappa shape index (κ1) is 18.2. The molecule has 1 rings (SSSR count). The van der Waals surface area contributed by atoms with Crippen molar-refractivity contribution >= 4 is 6.09 Å². The largest absolute Gasteiger partial charge is 0.444 e. The second-order valence-corrected chi connectivity index (χ2v) is 7.87. The predicted molar refractivity (Wildman–Crippen MR) is 84.3 cm³/mol. The van der Waals surface area contributed by atoms with Crippen LogP contribution in [0.3, 0.4) is 0 Å². The van der Waals surface area contributed by atoms with Crippen LogP contribution in [0, 0.1) is 5.41 Å². The van der Waals surface area contributed by atoms with Crippen LogP contribution in [-0.2, 0) is 4.74 Å². The highest BCUT2D eigenvalue weighted by Gasteiger charge is 2.34. The number of nitrogens with zero attached hydrogens (tertiary/aromatic N) is 1. The molecular formula is C16H32N2O3. The average molecular weight is 300 g/mol. The first-order chi connectivity index (χ1) is 9.56. The van der Waals surface area contributed by atoms with Gasteiger partial charge in [-0.05, 0) is 40.5 Å². The van der Waals surface area contributed by atoms with E-state index in [1.807, 2.05) is 39.5 Å². The molecule has 124 valence electrons. The van der Waals surface area contributed by atoms with Crippen molar-refractivity contribution in [1.29, 1.82) is 0 Å². The van der Waals surface area contributed by atoms with E-state index in [0.717, 1.165) is 25.9 Å². The molecule has 2 atom stereocenters. The number of nitrogens with one attached hydrogen (secondary N) is 1. The van der Waals surface area contributed by atoms with Crippen molar-refractivity contribution in [3.63, 3.8) is 0 Å². The van der Waals surface area contributed by atoms with E-state index in [1.54, 1.807) is 0 Å². The number of ether oxygens (including phenoxy) is 1. The van der Waals surface area contributed by atoms with Crippen LogP contribution in [0.2, 0.25) is 0 Å². The minimum absolute atomic E-state index is 0.100. The number of aliphatic hydroxyl groups excluding tert-OH is 1. The maximum Gasteiger partial charge on any atom is 0.410 e. The number of hydrogen-bond donors (Lipinski definition) is 2. The van der Waals surface area contributed by atoms with E-state index in [0.29, 0.717) is 0 Å². The summed E-state index contributed by atoms with van der Waals surface area (Å²) in [5.74, 6) is 0. The molecule has 21 heavy (non-hydrogen) atoms. The Hall–Kier alpha value is -0.810. The molecule has 2 N–H and O–H groups in total. The zero-order valence-electron chi connectivity index (χ0n) is 14.4. The van der Waals surface area contributed by atoms with Crippen LogP contribution in [0.5, 0.6) is 0 Å². The Morgan fingerprint density at radius 1 is 1.33 bits per heavy atom. The van der Waals surface area contributed by atoms with Gasteiger partial charge in [0.2, 0.25) is 0 Å². The van der Waals surface area contributed by atoms with Crippen LogP contribution in [0.25, 0.3) is 0 Å². The quantitative estimate of drug-likeness (QED) is 0.837. The van der Waals surface area contributed by atoms with Crippen LogP contribution in [0.1, 0.15) is 54.4 Å². The van der Waals surface area contributed by atoms with E-state index in [4.69, 9.17) is 4.74 Å². The Labute approximate surface area is 129 Å². The molecule has 1 amide bonds. The SMILES string of the molecule is CC1C(NCC(C)(C)CO)CCCN1C(=O)OC(C)(C)C. The van der Waals surface area contributed by atoms with E-state index < -0.39 is 5.60 Å². The summed E-state index contributed by atoms with van der Waals surface area (Å²) in [5.41, 5.74) is -0.607. The third-order valence-electron chi connectivity index (χ3n) is 3.89. The lowest BCUT2D eigenvalue weighted by Crippen LogP contribution is -2.56. The van der Waals surface area contributed by atoms with E-state index in [-0.39, 0.29) is 30.2 Å². The van der Waals surface area contributed by atoms with Gasteiger partial charge in [-0.2, -0.15) is 0 Å². The first-order valence-corrected chi connectivity index (χ1v) is 7.89. The van der Waals surface area contributed by atoms with Crippen LogP contribution in [0.4, 0.5) is 4.79 Å². The highest BCUT2D eigenvalue weighted by atomic mass is 16.6. The summed E-state index contributed by atoms with van der Waals surface area (Å²) in [7, 11) is 0. The van der Waals surface area contributed by atoms with Gasteiger partial charge in [-0.25, -0.2) is 4.79 Å². The van der Waals surface area contributed by atoms with Crippen molar-refractivity contribution in [1.82, 2.24) is 10.2 Å². The lowest BCUT2D eigenvalue weighted by Gasteiger charge is -2.41. The van der Waals surface area contributed by atoms with Gasteiger partial charge in [0.25, 0.3) is 0 Å². The summed E-state index contributed by atoms with van der Waals surface area (Å²) in [6.07, 6.45) is 1.78. The normalized spacial score (nSPS) is 24.0. The van der Waals surface area contributed by atoms with Gasteiger partial charge in [0.1, 0.15) is 5.60 Å². The van der Waals surface area contributed by atoms with E-state index in [9.17, 15) is 9.90 Å². The minimum Gasteiger partial charge on any atom is -0.444 e. The lowest BCUT2D eigenvalue weighted by atomic mass is 9.92. The third-order valence-corrected chi connectivity index (χ3v) is 3.89. The fourth-order valence-corrected chi connectivity index (χ4v) is 2.46. The molecule has 0 aromatic carbocycles. The molecule has 0 radical (unpaired) electrons. The average Bonchev–Trinajstić information content (AvgIpc) is 2.35. The van der Waals surface area contributed by atoms with Gasteiger partial charge in [0, 0.05) is 37.2 Å². The number of amides is 1. The molecule has 0 aliphatic carbocycles. The van der Waals surface area contributed by atoms with Gasteiger partial charge < -0.3 is 20.1 Å². The summed E-state index contributed by atoms with van der Waals surface area (Å²) >= 11 is 0. The summed E-state index contributed by atoms with van der Waals surface area (Å²) < 4.78 is 5.48. The summed E-state index contributed by atoms with van der Waals surface area (Å²) in [4.78, 5) is 14.1. The molecule has 5 heteroatoms. The highest BCUT2D eigenvalue weighted by Crippen LogP contribution is 2.22. The molecule has 0 saturated carbocycles. The van der Waals surface area contributed by atoms with Gasteiger partial charge >= 0.3 is 6.09 Å². The molecule has 1 saturated heterocycles. The number of aliphatic hydroxyl groups is 1. The topological polar surface area (TPSA) is 61.8 Å². The molecule has 0 aromatic heterocycles. The smallest absolute Gasteiger partial charge is 0.410 e. The Morgan fingerprint density at radius 3 is 2.48 bits per heavy atom. The van der Waals surface area contributed by atoms with Crippen LogP contribution >= 0.6 is 0 Å². The monoisotopic (exact) mass is 300 g/mol. The molecule has 2 unspecified atom stereocenters. The predicted octanol–water partition coefficient (Wildman–Crippen LogP) is 2.38. The zero-order valence-corrected chi connectivity index (χ0v) is 14.4. The van der Waals surface area contributed by atoms with Crippen LogP contribution in [0.15, 0.2) is 0 Å². The van der Waals surface area contributed by atoms with Gasteiger partial charge in [-0.15, -0.1) is 0 Å². The first-order valence-electron chi connectivity index (χ1n) is 7.89. The lowest BCUT2D eigenvalue weighted by molar-refractivity contribution is 0.00613. The fourth-order valence-electron chi connectivity index (χ4n) is 2.46. The number of likely N-dealkylation sites (tertiary alicyclic amines) is 1. The number of hydrogen-bond acceptors (Lipinski definition) is 4. The molecule has 5 nitrogen and oxygen atoms in total. The van der Waals surface area contributed by atoms with Crippen LogP contribution in [-0.4, -0.2) is 53.5 Å². The van der Waals surface area contributed by atoms with Gasteiger partial charge in [-0.3, -0.25) is 0 Å². The molecule has 0 bridgehead atoms. The molecule has 1 aliphatic rings. The van der Waals surface area contributed by atoms with Gasteiger partial charge in [0.05, 0.1) is 0 Å². The van der Waals surface area contributed by atoms with Crippen molar-refractivity contribution in [3.8, 4) is 0 Å². The second kappa shape index (κ2) is 6.97. The van der Waals surface area contributed by atoms with Gasteiger partial charge in [-0.1, -0.05) is 13.8 Å². The number of carbonyl (C=O) groups is 1. The number of piperidine rings is 1. The van der Waals surface area contributed by atoms with E-state index in [2.05, 4.69) is 12.2 Å². The third kappa shape index (κ3) is 5.83. The summed E-state index contributed by atoms with van der Waals surface area (Å²) in [6, 6.07) is 0.347. The molecule has 1 aliphatic heterocycles. The number of carbonyl (C=O) groups excluding carboxylic acids is 1. The summed E-state index contributed by atoms with van der Waals surface area (Å²) in [5, 5.41) is 12.8. The maximum atomic E-state index is 12.3. The maximum absolute atomic E-state index is 12.3. The highest BCUT2D eigenvalue weighted by molar-refractivity contribution is 5.68.